The number of anilines is 1. The molecule has 1 fully saturated rings. The number of hydrogen-bond acceptors (Lipinski definition) is 2. The third-order valence-corrected chi connectivity index (χ3v) is 5.09. The zero-order chi connectivity index (χ0) is 18.4. The van der Waals surface area contributed by atoms with E-state index in [4.69, 9.17) is 17.0 Å². The number of quaternary nitrogens is 1. The van der Waals surface area contributed by atoms with E-state index in [1.54, 1.807) is 4.90 Å². The van der Waals surface area contributed by atoms with Crippen LogP contribution in [0.5, 0.6) is 0 Å². The third kappa shape index (κ3) is 5.04. The van der Waals surface area contributed by atoms with Crippen LogP contribution in [0.4, 0.5) is 5.69 Å². The first kappa shape index (κ1) is 18.8. The van der Waals surface area contributed by atoms with Gasteiger partial charge in [-0.15, -0.1) is 0 Å². The Morgan fingerprint density at radius 1 is 1.08 bits per heavy atom. The molecule has 0 spiro atoms. The Morgan fingerprint density at radius 3 is 2.50 bits per heavy atom. The fraction of sp³-hybridized carbons (Fsp3) is 0.381. The largest absolute Gasteiger partial charge is 0.370 e. The highest BCUT2D eigenvalue weighted by molar-refractivity contribution is 7.80. The lowest BCUT2D eigenvalue weighted by atomic mass is 9.98. The van der Waals surface area contributed by atoms with Crippen LogP contribution in [0.3, 0.4) is 0 Å². The van der Waals surface area contributed by atoms with Crippen molar-refractivity contribution in [3.63, 3.8) is 0 Å². The molecule has 0 amide bonds. The number of rotatable bonds is 5. The van der Waals surface area contributed by atoms with E-state index < -0.39 is 0 Å². The van der Waals surface area contributed by atoms with Crippen LogP contribution in [0.2, 0.25) is 0 Å². The molecule has 2 aromatic rings. The normalized spacial score (nSPS) is 17.3. The van der Waals surface area contributed by atoms with Crippen LogP contribution in [0.1, 0.15) is 24.1 Å². The van der Waals surface area contributed by atoms with E-state index in [1.165, 1.54) is 11.1 Å². The first-order valence-electron chi connectivity index (χ1n) is 9.25. The van der Waals surface area contributed by atoms with E-state index in [9.17, 15) is 0 Å². The predicted molar refractivity (Wildman–Crippen MR) is 111 cm³/mol. The number of nitrogens with one attached hydrogen (secondary N) is 3. The number of benzene rings is 2. The molecule has 0 aliphatic carbocycles. The Balaban J connectivity index is 1.70. The van der Waals surface area contributed by atoms with Crippen molar-refractivity contribution < 1.29 is 9.64 Å². The highest BCUT2D eigenvalue weighted by atomic mass is 32.1. The van der Waals surface area contributed by atoms with Gasteiger partial charge in [-0.05, 0) is 43.8 Å². The summed E-state index contributed by atoms with van der Waals surface area (Å²) >= 11 is 5.57. The molecule has 2 aromatic carbocycles. The Morgan fingerprint density at radius 2 is 1.81 bits per heavy atom. The second kappa shape index (κ2) is 9.12. The second-order valence-electron chi connectivity index (χ2n) is 6.92. The average molecular weight is 371 g/mol. The van der Waals surface area contributed by atoms with Gasteiger partial charge in [0.2, 0.25) is 0 Å². The van der Waals surface area contributed by atoms with Gasteiger partial charge in [0.1, 0.15) is 19.1 Å². The van der Waals surface area contributed by atoms with Gasteiger partial charge in [-0.1, -0.05) is 42.5 Å². The van der Waals surface area contributed by atoms with Gasteiger partial charge in [-0.3, -0.25) is 0 Å². The quantitative estimate of drug-likeness (QED) is 0.707. The van der Waals surface area contributed by atoms with Crippen LogP contribution in [-0.2, 0) is 4.74 Å². The van der Waals surface area contributed by atoms with Crippen molar-refractivity contribution in [3.8, 4) is 0 Å². The Labute approximate surface area is 161 Å². The number of aryl methyl sites for hydroxylation is 1. The zero-order valence-corrected chi connectivity index (χ0v) is 16.3. The molecule has 1 saturated heterocycles. The molecular weight excluding hydrogens is 342 g/mol. The van der Waals surface area contributed by atoms with Gasteiger partial charge in [0.05, 0.1) is 19.3 Å². The summed E-state index contributed by atoms with van der Waals surface area (Å²) in [7, 11) is 0. The number of ether oxygens (including phenoxy) is 1. The first-order chi connectivity index (χ1) is 12.6. The molecule has 138 valence electrons. The standard InChI is InChI=1S/C21H27N3OS/c1-16-7-6-10-19(15-16)23-21(26)22-17(2)20(18-8-4-3-5-9-18)24-11-13-25-14-12-24/h3-10,15,17,20H,11-14H2,1-2H3,(H2,22,23,26)/p+1/t17-,20+/m1/s1. The second-order valence-corrected chi connectivity index (χ2v) is 7.32. The van der Waals surface area contributed by atoms with E-state index in [1.807, 2.05) is 12.1 Å². The molecule has 0 radical (unpaired) electrons. The van der Waals surface area contributed by atoms with E-state index in [-0.39, 0.29) is 6.04 Å². The van der Waals surface area contributed by atoms with Crippen molar-refractivity contribution in [2.45, 2.75) is 25.9 Å². The van der Waals surface area contributed by atoms with Gasteiger partial charge >= 0.3 is 0 Å². The zero-order valence-electron chi connectivity index (χ0n) is 15.5. The van der Waals surface area contributed by atoms with E-state index in [2.05, 4.69) is 66.9 Å². The third-order valence-electron chi connectivity index (χ3n) is 4.87. The number of morpholine rings is 1. The Hall–Kier alpha value is -1.95. The van der Waals surface area contributed by atoms with Gasteiger partial charge in [-0.25, -0.2) is 0 Å². The van der Waals surface area contributed by atoms with Gasteiger partial charge < -0.3 is 20.3 Å². The molecule has 1 heterocycles. The smallest absolute Gasteiger partial charge is 0.171 e. The van der Waals surface area contributed by atoms with E-state index in [0.29, 0.717) is 11.2 Å². The van der Waals surface area contributed by atoms with Crippen LogP contribution < -0.4 is 15.5 Å². The molecule has 3 N–H and O–H groups in total. The molecular formula is C21H28N3OS+. The summed E-state index contributed by atoms with van der Waals surface area (Å²) in [5, 5.41) is 7.48. The van der Waals surface area contributed by atoms with Crippen molar-refractivity contribution in [1.82, 2.24) is 5.32 Å². The van der Waals surface area contributed by atoms with Crippen molar-refractivity contribution in [2.75, 3.05) is 31.6 Å². The Bertz CT molecular complexity index is 716. The van der Waals surface area contributed by atoms with Crippen molar-refractivity contribution >= 4 is 23.0 Å². The molecule has 0 unspecified atom stereocenters. The Kier molecular flexibility index (Phi) is 6.61. The molecule has 0 aromatic heterocycles. The monoisotopic (exact) mass is 370 g/mol. The van der Waals surface area contributed by atoms with Crippen LogP contribution in [0.15, 0.2) is 54.6 Å². The maximum absolute atomic E-state index is 5.57. The first-order valence-corrected chi connectivity index (χ1v) is 9.66. The summed E-state index contributed by atoms with van der Waals surface area (Å²) in [6.07, 6.45) is 0. The fourth-order valence-electron chi connectivity index (χ4n) is 3.66. The van der Waals surface area contributed by atoms with Crippen LogP contribution in [0.25, 0.3) is 0 Å². The van der Waals surface area contributed by atoms with Gasteiger partial charge in [0.15, 0.2) is 5.11 Å². The van der Waals surface area contributed by atoms with Gasteiger partial charge in [0.25, 0.3) is 0 Å². The summed E-state index contributed by atoms with van der Waals surface area (Å²) in [5.41, 5.74) is 3.57. The summed E-state index contributed by atoms with van der Waals surface area (Å²) < 4.78 is 5.56. The molecule has 4 nitrogen and oxygen atoms in total. The molecule has 26 heavy (non-hydrogen) atoms. The molecule has 2 atom stereocenters. The lowest BCUT2D eigenvalue weighted by Gasteiger charge is -2.35. The summed E-state index contributed by atoms with van der Waals surface area (Å²) in [5.74, 6) is 0. The van der Waals surface area contributed by atoms with Crippen molar-refractivity contribution in [3.05, 3.63) is 65.7 Å². The maximum atomic E-state index is 5.57. The highest BCUT2D eigenvalue weighted by Crippen LogP contribution is 2.15. The number of thiocarbonyl (C=S) groups is 1. The fourth-order valence-corrected chi connectivity index (χ4v) is 3.97. The predicted octanol–water partition coefficient (Wildman–Crippen LogP) is 2.33. The highest BCUT2D eigenvalue weighted by Gasteiger charge is 2.31. The van der Waals surface area contributed by atoms with Crippen LogP contribution in [-0.4, -0.2) is 37.5 Å². The van der Waals surface area contributed by atoms with Crippen LogP contribution >= 0.6 is 12.2 Å². The van der Waals surface area contributed by atoms with Crippen LogP contribution in [0, 0.1) is 6.92 Å². The summed E-state index contributed by atoms with van der Waals surface area (Å²) in [6.45, 7) is 7.96. The van der Waals surface area contributed by atoms with Crippen molar-refractivity contribution in [2.24, 2.45) is 0 Å². The van der Waals surface area contributed by atoms with Gasteiger partial charge in [0, 0.05) is 11.3 Å². The maximum Gasteiger partial charge on any atom is 0.171 e. The minimum Gasteiger partial charge on any atom is -0.370 e. The molecule has 0 saturated carbocycles. The topological polar surface area (TPSA) is 37.7 Å². The molecule has 3 rings (SSSR count). The lowest BCUT2D eigenvalue weighted by Crippen LogP contribution is -3.15. The molecule has 0 bridgehead atoms. The molecule has 1 aliphatic rings. The lowest BCUT2D eigenvalue weighted by molar-refractivity contribution is -0.940. The molecule has 5 heteroatoms. The van der Waals surface area contributed by atoms with E-state index >= 15 is 0 Å². The van der Waals surface area contributed by atoms with Crippen molar-refractivity contribution in [1.29, 1.82) is 0 Å². The van der Waals surface area contributed by atoms with E-state index in [0.717, 1.165) is 32.0 Å². The average Bonchev–Trinajstić information content (AvgIpc) is 2.63. The van der Waals surface area contributed by atoms with Gasteiger partial charge in [-0.2, -0.15) is 0 Å². The number of hydrogen-bond donors (Lipinski definition) is 3. The SMILES string of the molecule is Cc1cccc(NC(=S)N[C@H](C)[C@@H](c2ccccc2)[NH+]2CCOCC2)c1. The minimum absolute atomic E-state index is 0.204. The summed E-state index contributed by atoms with van der Waals surface area (Å²) in [6, 6.07) is 19.5. The summed E-state index contributed by atoms with van der Waals surface area (Å²) in [4.78, 5) is 1.54. The molecule has 1 aliphatic heterocycles. The minimum atomic E-state index is 0.204.